The molecule has 0 amide bonds. The number of rotatable bonds is 0. The number of H-pyrrole nitrogens is 1. The summed E-state index contributed by atoms with van der Waals surface area (Å²) in [5, 5.41) is 6.62. The first-order valence-electron chi connectivity index (χ1n) is 3.52. The zero-order chi connectivity index (χ0) is 8.81. The number of hydrogen-bond donors (Lipinski definition) is 1. The molecule has 4 heteroatoms. The molecule has 0 aromatic carbocycles. The molecule has 0 bridgehead atoms. The van der Waals surface area contributed by atoms with Gasteiger partial charge in [-0.05, 0) is 19.1 Å². The summed E-state index contributed by atoms with van der Waals surface area (Å²) in [4.78, 5) is 12.9. The molecule has 2 rings (SSSR count). The summed E-state index contributed by atoms with van der Waals surface area (Å²) in [5.41, 5.74) is 1.90. The van der Waals surface area contributed by atoms with Crippen LogP contribution in [0.5, 0.6) is 0 Å². The van der Waals surface area contributed by atoms with E-state index in [1.807, 2.05) is 12.1 Å². The number of carbonyl (C=O) groups excluding carboxylic acids is 1. The number of hydrogen-bond acceptors (Lipinski definition) is 3. The third kappa shape index (κ3) is 1.88. The largest absolute Gasteiger partial charge is 0.304 e. The standard InChI is InChI=1S/C6H5N3.C2H4O/c1-2-5-6(7-3-1)4-8-9-5;1-2-3/h1-4H,(H,8,9);2H,1H3. The highest BCUT2D eigenvalue weighted by atomic mass is 16.1. The maximum Gasteiger partial charge on any atom is 0.116 e. The predicted octanol–water partition coefficient (Wildman–Crippen LogP) is 1.16. The Labute approximate surface area is 69.6 Å². The summed E-state index contributed by atoms with van der Waals surface area (Å²) in [5.74, 6) is 0. The monoisotopic (exact) mass is 163 g/mol. The fourth-order valence-electron chi connectivity index (χ4n) is 0.778. The van der Waals surface area contributed by atoms with E-state index in [-0.39, 0.29) is 0 Å². The quantitative estimate of drug-likeness (QED) is 0.593. The van der Waals surface area contributed by atoms with Gasteiger partial charge in [-0.25, -0.2) is 0 Å². The summed E-state index contributed by atoms with van der Waals surface area (Å²) >= 11 is 0. The van der Waals surface area contributed by atoms with Gasteiger partial charge < -0.3 is 4.79 Å². The van der Waals surface area contributed by atoms with Gasteiger partial charge in [0.2, 0.25) is 0 Å². The van der Waals surface area contributed by atoms with Crippen LogP contribution in [-0.4, -0.2) is 21.5 Å². The first-order chi connectivity index (χ1) is 5.88. The maximum atomic E-state index is 8.81. The second-order valence-corrected chi connectivity index (χ2v) is 2.04. The Morgan fingerprint density at radius 1 is 1.58 bits per heavy atom. The van der Waals surface area contributed by atoms with Gasteiger partial charge in [0.15, 0.2) is 0 Å². The number of aldehydes is 1. The average Bonchev–Trinajstić information content (AvgIpc) is 2.52. The van der Waals surface area contributed by atoms with Crippen molar-refractivity contribution >= 4 is 17.3 Å². The van der Waals surface area contributed by atoms with E-state index in [1.54, 1.807) is 12.4 Å². The highest BCUT2D eigenvalue weighted by molar-refractivity contribution is 5.72. The third-order valence-electron chi connectivity index (χ3n) is 1.21. The Bertz CT molecular complexity index is 326. The van der Waals surface area contributed by atoms with Crippen LogP contribution in [0, 0.1) is 0 Å². The van der Waals surface area contributed by atoms with Crippen LogP contribution in [-0.2, 0) is 4.79 Å². The minimum absolute atomic E-state index is 0.750. The summed E-state index contributed by atoms with van der Waals surface area (Å²) in [6.07, 6.45) is 4.20. The summed E-state index contributed by atoms with van der Waals surface area (Å²) in [6.45, 7) is 1.44. The minimum atomic E-state index is 0.750. The zero-order valence-electron chi connectivity index (χ0n) is 6.69. The normalized spacial score (nSPS) is 8.75. The van der Waals surface area contributed by atoms with Gasteiger partial charge in [-0.1, -0.05) is 0 Å². The third-order valence-corrected chi connectivity index (χ3v) is 1.21. The number of carbonyl (C=O) groups is 1. The average molecular weight is 163 g/mol. The molecule has 0 aliphatic heterocycles. The Morgan fingerprint density at radius 2 is 2.33 bits per heavy atom. The first kappa shape index (κ1) is 8.39. The van der Waals surface area contributed by atoms with Crippen molar-refractivity contribution in [1.29, 1.82) is 0 Å². The van der Waals surface area contributed by atoms with Crippen LogP contribution in [0.3, 0.4) is 0 Å². The molecule has 0 radical (unpaired) electrons. The van der Waals surface area contributed by atoms with Gasteiger partial charge in [0, 0.05) is 6.20 Å². The van der Waals surface area contributed by atoms with Crippen molar-refractivity contribution in [2.45, 2.75) is 6.92 Å². The lowest BCUT2D eigenvalue weighted by Crippen LogP contribution is -1.69. The molecule has 12 heavy (non-hydrogen) atoms. The number of fused-ring (bicyclic) bond motifs is 1. The lowest BCUT2D eigenvalue weighted by atomic mass is 10.4. The van der Waals surface area contributed by atoms with E-state index >= 15 is 0 Å². The Kier molecular flexibility index (Phi) is 2.95. The minimum Gasteiger partial charge on any atom is -0.304 e. The van der Waals surface area contributed by atoms with Crippen molar-refractivity contribution in [2.24, 2.45) is 0 Å². The van der Waals surface area contributed by atoms with Crippen molar-refractivity contribution in [1.82, 2.24) is 15.2 Å². The van der Waals surface area contributed by atoms with E-state index in [0.29, 0.717) is 0 Å². The van der Waals surface area contributed by atoms with E-state index in [2.05, 4.69) is 15.2 Å². The van der Waals surface area contributed by atoms with Crippen LogP contribution in [0.1, 0.15) is 6.92 Å². The number of aromatic amines is 1. The van der Waals surface area contributed by atoms with E-state index in [1.165, 1.54) is 6.92 Å². The summed E-state index contributed by atoms with van der Waals surface area (Å²) in [6, 6.07) is 3.82. The van der Waals surface area contributed by atoms with Crippen LogP contribution < -0.4 is 0 Å². The highest BCUT2D eigenvalue weighted by Crippen LogP contribution is 2.02. The summed E-state index contributed by atoms with van der Waals surface area (Å²) in [7, 11) is 0. The Balaban J connectivity index is 0.000000213. The zero-order valence-corrected chi connectivity index (χ0v) is 6.69. The molecular formula is C8H9N3O. The van der Waals surface area contributed by atoms with Gasteiger partial charge in [0.05, 0.1) is 11.7 Å². The predicted molar refractivity (Wildman–Crippen MR) is 45.6 cm³/mol. The Hall–Kier alpha value is -1.71. The van der Waals surface area contributed by atoms with Gasteiger partial charge in [-0.15, -0.1) is 0 Å². The molecule has 4 nitrogen and oxygen atoms in total. The van der Waals surface area contributed by atoms with E-state index < -0.39 is 0 Å². The second-order valence-electron chi connectivity index (χ2n) is 2.04. The molecule has 1 N–H and O–H groups in total. The molecule has 0 fully saturated rings. The number of nitrogens with zero attached hydrogens (tertiary/aromatic N) is 2. The highest BCUT2D eigenvalue weighted by Gasteiger charge is 1.89. The van der Waals surface area contributed by atoms with Gasteiger partial charge in [0.25, 0.3) is 0 Å². The molecule has 0 saturated heterocycles. The summed E-state index contributed by atoms with van der Waals surface area (Å²) < 4.78 is 0. The SMILES string of the molecule is CC=O.c1cnc2cn[nH]c2c1. The number of aromatic nitrogens is 3. The van der Waals surface area contributed by atoms with Crippen molar-refractivity contribution in [3.63, 3.8) is 0 Å². The topological polar surface area (TPSA) is 58.6 Å². The van der Waals surface area contributed by atoms with Crippen LogP contribution in [0.15, 0.2) is 24.5 Å². The van der Waals surface area contributed by atoms with Crippen LogP contribution in [0.4, 0.5) is 0 Å². The van der Waals surface area contributed by atoms with Gasteiger partial charge in [-0.3, -0.25) is 10.1 Å². The molecule has 0 aliphatic carbocycles. The van der Waals surface area contributed by atoms with Gasteiger partial charge in [0.1, 0.15) is 11.8 Å². The van der Waals surface area contributed by atoms with Crippen LogP contribution in [0.2, 0.25) is 0 Å². The van der Waals surface area contributed by atoms with Crippen LogP contribution in [0.25, 0.3) is 11.0 Å². The van der Waals surface area contributed by atoms with Gasteiger partial charge >= 0.3 is 0 Å². The second kappa shape index (κ2) is 4.23. The fraction of sp³-hybridized carbons (Fsp3) is 0.125. The van der Waals surface area contributed by atoms with Crippen molar-refractivity contribution in [3.05, 3.63) is 24.5 Å². The van der Waals surface area contributed by atoms with Crippen LogP contribution >= 0.6 is 0 Å². The molecule has 0 atom stereocenters. The van der Waals surface area contributed by atoms with Crippen molar-refractivity contribution in [3.8, 4) is 0 Å². The van der Waals surface area contributed by atoms with E-state index in [0.717, 1.165) is 17.3 Å². The molecule has 2 heterocycles. The van der Waals surface area contributed by atoms with Crippen molar-refractivity contribution < 1.29 is 4.79 Å². The molecular weight excluding hydrogens is 154 g/mol. The molecule has 0 spiro atoms. The van der Waals surface area contributed by atoms with Crippen molar-refractivity contribution in [2.75, 3.05) is 0 Å². The smallest absolute Gasteiger partial charge is 0.116 e. The fourth-order valence-corrected chi connectivity index (χ4v) is 0.778. The molecule has 62 valence electrons. The molecule has 2 aromatic rings. The maximum absolute atomic E-state index is 8.81. The number of pyridine rings is 1. The first-order valence-corrected chi connectivity index (χ1v) is 3.52. The Morgan fingerprint density at radius 3 is 3.00 bits per heavy atom. The molecule has 0 saturated carbocycles. The molecule has 0 aliphatic rings. The van der Waals surface area contributed by atoms with E-state index in [4.69, 9.17) is 4.79 Å². The lowest BCUT2D eigenvalue weighted by molar-refractivity contribution is -0.106. The van der Waals surface area contributed by atoms with E-state index in [9.17, 15) is 0 Å². The molecule has 0 unspecified atom stereocenters. The molecule has 2 aromatic heterocycles. The van der Waals surface area contributed by atoms with Gasteiger partial charge in [-0.2, -0.15) is 5.10 Å². The lowest BCUT2D eigenvalue weighted by Gasteiger charge is -1.80. The number of nitrogens with one attached hydrogen (secondary N) is 1.